The van der Waals surface area contributed by atoms with Crippen molar-refractivity contribution in [3.05, 3.63) is 29.8 Å². The monoisotopic (exact) mass is 279 g/mol. The Morgan fingerprint density at radius 2 is 2.30 bits per heavy atom. The maximum Gasteiger partial charge on any atom is 0.280 e. The molecule has 1 saturated heterocycles. The molecule has 0 bridgehead atoms. The number of rotatable bonds is 2. The molecule has 2 atom stereocenters. The van der Waals surface area contributed by atoms with E-state index in [0.29, 0.717) is 5.65 Å². The maximum absolute atomic E-state index is 11.6. The summed E-state index contributed by atoms with van der Waals surface area (Å²) >= 11 is 0. The van der Waals surface area contributed by atoms with E-state index >= 15 is 0 Å². The molecular weight excluding hydrogens is 262 g/mol. The van der Waals surface area contributed by atoms with Crippen molar-refractivity contribution >= 4 is 17.1 Å². The van der Waals surface area contributed by atoms with E-state index in [1.54, 1.807) is 4.57 Å². The second-order valence-electron chi connectivity index (χ2n) is 4.25. The van der Waals surface area contributed by atoms with Gasteiger partial charge < -0.3 is 15.6 Å². The Hall–Kier alpha value is -2.19. The number of fused-ring (bicyclic) bond motifs is 1. The number of nitrogens with zero attached hydrogens (tertiary/aromatic N) is 3. The highest BCUT2D eigenvalue weighted by atomic mass is 16.5. The highest BCUT2D eigenvalue weighted by molar-refractivity contribution is 5.70. The lowest BCUT2D eigenvalue weighted by Crippen LogP contribution is -2.16. The first-order valence-corrected chi connectivity index (χ1v) is 6.17. The molecule has 0 aliphatic carbocycles. The average molecular weight is 279 g/mol. The number of aromatic nitrogens is 4. The first kappa shape index (κ1) is 14.2. The van der Waals surface area contributed by atoms with Crippen LogP contribution < -0.4 is 11.3 Å². The van der Waals surface area contributed by atoms with E-state index < -0.39 is 0 Å². The molecule has 2 aromatic rings. The Morgan fingerprint density at radius 3 is 2.95 bits per heavy atom. The van der Waals surface area contributed by atoms with Gasteiger partial charge in [-0.2, -0.15) is 4.98 Å². The molecule has 0 saturated carbocycles. The minimum atomic E-state index is -0.368. The molecule has 0 radical (unpaired) electrons. The molecule has 8 heteroatoms. The van der Waals surface area contributed by atoms with Gasteiger partial charge >= 0.3 is 0 Å². The maximum atomic E-state index is 11.6. The zero-order valence-electron chi connectivity index (χ0n) is 11.0. The van der Waals surface area contributed by atoms with Crippen LogP contribution in [0.1, 0.15) is 19.1 Å². The Labute approximate surface area is 114 Å². The van der Waals surface area contributed by atoms with Gasteiger partial charge in [-0.3, -0.25) is 14.3 Å². The quantitative estimate of drug-likeness (QED) is 0.674. The van der Waals surface area contributed by atoms with Crippen LogP contribution in [0.3, 0.4) is 0 Å². The van der Waals surface area contributed by atoms with E-state index in [4.69, 9.17) is 15.6 Å². The van der Waals surface area contributed by atoms with Crippen LogP contribution in [0.4, 0.5) is 5.95 Å². The van der Waals surface area contributed by atoms with Gasteiger partial charge in [-0.25, -0.2) is 4.98 Å². The van der Waals surface area contributed by atoms with Crippen LogP contribution in [0.15, 0.2) is 24.3 Å². The summed E-state index contributed by atoms with van der Waals surface area (Å²) in [6, 6.07) is 0. The van der Waals surface area contributed by atoms with Crippen LogP contribution in [0, 0.1) is 0 Å². The molecular formula is C12H17N5O3. The first-order valence-electron chi connectivity index (χ1n) is 6.17. The summed E-state index contributed by atoms with van der Waals surface area (Å²) in [6.45, 7) is 5.99. The highest BCUT2D eigenvalue weighted by Crippen LogP contribution is 2.29. The number of anilines is 1. The molecule has 4 N–H and O–H groups in total. The normalized spacial score (nSPS) is 21.6. The number of nitrogens with one attached hydrogen (secondary N) is 1. The number of hydrogen-bond donors (Lipinski definition) is 3. The van der Waals surface area contributed by atoms with E-state index in [9.17, 15) is 4.79 Å². The number of imidazole rings is 1. The van der Waals surface area contributed by atoms with E-state index in [1.165, 1.54) is 6.33 Å². The van der Waals surface area contributed by atoms with Crippen LogP contribution in [0.5, 0.6) is 0 Å². The number of aromatic amines is 1. The Balaban J connectivity index is 0.000000704. The zero-order valence-corrected chi connectivity index (χ0v) is 11.0. The largest absolute Gasteiger partial charge is 0.394 e. The van der Waals surface area contributed by atoms with Crippen LogP contribution in [-0.4, -0.2) is 37.3 Å². The van der Waals surface area contributed by atoms with Gasteiger partial charge in [0.25, 0.3) is 5.56 Å². The van der Waals surface area contributed by atoms with Gasteiger partial charge in [0.15, 0.2) is 11.2 Å². The molecule has 1 aliphatic rings. The number of H-pyrrole nitrogens is 1. The van der Waals surface area contributed by atoms with E-state index in [0.717, 1.165) is 12.8 Å². The van der Waals surface area contributed by atoms with Crippen molar-refractivity contribution in [1.29, 1.82) is 0 Å². The van der Waals surface area contributed by atoms with E-state index in [1.807, 2.05) is 0 Å². The van der Waals surface area contributed by atoms with Gasteiger partial charge in [-0.1, -0.05) is 0 Å². The lowest BCUT2D eigenvalue weighted by Gasteiger charge is -2.13. The third-order valence-electron chi connectivity index (χ3n) is 3.05. The van der Waals surface area contributed by atoms with Crippen molar-refractivity contribution in [2.45, 2.75) is 25.2 Å². The van der Waals surface area contributed by atoms with Crippen LogP contribution >= 0.6 is 0 Å². The number of aliphatic hydroxyl groups excluding tert-OH is 1. The fourth-order valence-corrected chi connectivity index (χ4v) is 2.18. The summed E-state index contributed by atoms with van der Waals surface area (Å²) in [7, 11) is 0. The van der Waals surface area contributed by atoms with Gasteiger partial charge in [0, 0.05) is 0 Å². The minimum absolute atomic E-state index is 0.0146. The van der Waals surface area contributed by atoms with Crippen LogP contribution in [-0.2, 0) is 4.74 Å². The number of nitrogens with two attached hydrogens (primary N) is 1. The predicted octanol–water partition coefficient (Wildman–Crippen LogP) is 0.174. The van der Waals surface area contributed by atoms with Crippen LogP contribution in [0.2, 0.25) is 0 Å². The summed E-state index contributed by atoms with van der Waals surface area (Å²) < 4.78 is 7.30. The molecule has 1 aliphatic heterocycles. The Morgan fingerprint density at radius 1 is 1.55 bits per heavy atom. The molecule has 2 unspecified atom stereocenters. The molecule has 0 aromatic carbocycles. The number of ether oxygens (including phenoxy) is 1. The minimum Gasteiger partial charge on any atom is -0.394 e. The average Bonchev–Trinajstić information content (AvgIpc) is 3.06. The summed E-state index contributed by atoms with van der Waals surface area (Å²) in [5, 5.41) is 9.04. The highest BCUT2D eigenvalue weighted by Gasteiger charge is 2.27. The van der Waals surface area contributed by atoms with Crippen molar-refractivity contribution in [2.75, 3.05) is 12.3 Å². The molecule has 8 nitrogen and oxygen atoms in total. The Kier molecular flexibility index (Phi) is 4.16. The van der Waals surface area contributed by atoms with Crippen molar-refractivity contribution in [2.24, 2.45) is 0 Å². The smallest absolute Gasteiger partial charge is 0.280 e. The topological polar surface area (TPSA) is 119 Å². The van der Waals surface area contributed by atoms with Gasteiger partial charge in [0.2, 0.25) is 5.95 Å². The standard InChI is InChI=1S/C10H13N5O3.C2H4/c11-10-13-8-7(9(17)14-10)12-4-15(8)6-2-1-5(3-16)18-6;1-2/h4-6,16H,1-3H2,(H3,11,13,14,17);1-2H2. The molecule has 20 heavy (non-hydrogen) atoms. The number of aliphatic hydroxyl groups is 1. The zero-order chi connectivity index (χ0) is 14.7. The molecule has 1 fully saturated rings. The molecule has 3 rings (SSSR count). The lowest BCUT2D eigenvalue weighted by atomic mass is 10.2. The molecule has 0 spiro atoms. The van der Waals surface area contributed by atoms with Gasteiger partial charge in [-0.05, 0) is 12.8 Å². The third-order valence-corrected chi connectivity index (χ3v) is 3.05. The number of nitrogen functional groups attached to an aromatic ring is 1. The second kappa shape index (κ2) is 5.85. The van der Waals surface area contributed by atoms with Crippen molar-refractivity contribution < 1.29 is 9.84 Å². The summed E-state index contributed by atoms with van der Waals surface area (Å²) in [6.07, 6.45) is 2.58. The summed E-state index contributed by atoms with van der Waals surface area (Å²) in [5.74, 6) is 0.0472. The van der Waals surface area contributed by atoms with Crippen molar-refractivity contribution in [3.8, 4) is 0 Å². The van der Waals surface area contributed by atoms with Crippen molar-refractivity contribution in [3.63, 3.8) is 0 Å². The van der Waals surface area contributed by atoms with Gasteiger partial charge in [0.1, 0.15) is 6.23 Å². The SMILES string of the molecule is C=C.Nc1nc2c(ncn2C2CCC(CO)O2)c(=O)[nH]1. The fourth-order valence-electron chi connectivity index (χ4n) is 2.18. The molecule has 3 heterocycles. The van der Waals surface area contributed by atoms with Crippen molar-refractivity contribution in [1.82, 2.24) is 19.5 Å². The molecule has 108 valence electrons. The summed E-state index contributed by atoms with van der Waals surface area (Å²) in [4.78, 5) is 22.1. The van der Waals surface area contributed by atoms with Gasteiger partial charge in [0.05, 0.1) is 19.0 Å². The second-order valence-corrected chi connectivity index (χ2v) is 4.25. The lowest BCUT2D eigenvalue weighted by molar-refractivity contribution is -0.0207. The summed E-state index contributed by atoms with van der Waals surface area (Å²) in [5.41, 5.74) is 5.79. The van der Waals surface area contributed by atoms with Gasteiger partial charge in [-0.15, -0.1) is 13.2 Å². The fraction of sp³-hybridized carbons (Fsp3) is 0.417. The first-order chi connectivity index (χ1) is 9.69. The predicted molar refractivity (Wildman–Crippen MR) is 74.0 cm³/mol. The Bertz CT molecular complexity index is 650. The van der Waals surface area contributed by atoms with Crippen LogP contribution in [0.25, 0.3) is 11.2 Å². The molecule has 0 amide bonds. The third kappa shape index (κ3) is 2.43. The molecule has 2 aromatic heterocycles. The number of hydrogen-bond acceptors (Lipinski definition) is 6. The van der Waals surface area contributed by atoms with E-state index in [2.05, 4.69) is 28.1 Å². The van der Waals surface area contributed by atoms with E-state index in [-0.39, 0.29) is 36.0 Å².